The van der Waals surface area contributed by atoms with Crippen LogP contribution in [-0.2, 0) is 0 Å². The molecule has 0 unspecified atom stereocenters. The number of hydrogen-bond donors (Lipinski definition) is 3. The maximum atomic E-state index is 12.7. The van der Waals surface area contributed by atoms with Crippen LogP contribution in [0.5, 0.6) is 0 Å². The van der Waals surface area contributed by atoms with Gasteiger partial charge in [-0.15, -0.1) is 0 Å². The number of carbonyl (C=O) groups excluding carboxylic acids is 1. The number of anilines is 4. The minimum Gasteiger partial charge on any atom is -0.383 e. The first-order valence-corrected chi connectivity index (χ1v) is 12.4. The van der Waals surface area contributed by atoms with Crippen molar-refractivity contribution >= 4 is 39.9 Å². The molecule has 1 fully saturated rings. The Labute approximate surface area is 210 Å². The van der Waals surface area contributed by atoms with Gasteiger partial charge >= 0.3 is 6.03 Å². The normalized spacial score (nSPS) is 13.8. The van der Waals surface area contributed by atoms with E-state index < -0.39 is 0 Å². The summed E-state index contributed by atoms with van der Waals surface area (Å²) in [4.78, 5) is 23.6. The molecule has 9 heteroatoms. The van der Waals surface area contributed by atoms with E-state index in [4.69, 9.17) is 10.8 Å². The number of nitrogen functional groups attached to an aromatic ring is 1. The second-order valence-electron chi connectivity index (χ2n) is 9.55. The lowest BCUT2D eigenvalue weighted by Gasteiger charge is -2.30. The van der Waals surface area contributed by atoms with Gasteiger partial charge in [-0.3, -0.25) is 0 Å². The number of nitrogens with two attached hydrogens (primary N) is 1. The van der Waals surface area contributed by atoms with Crippen molar-refractivity contribution in [1.82, 2.24) is 19.7 Å². The van der Waals surface area contributed by atoms with Crippen molar-refractivity contribution < 1.29 is 4.79 Å². The first-order chi connectivity index (χ1) is 17.4. The zero-order valence-electron chi connectivity index (χ0n) is 21.0. The number of amides is 2. The summed E-state index contributed by atoms with van der Waals surface area (Å²) in [6.07, 6.45) is 5.22. The molecule has 3 heterocycles. The number of nitrogens with zero attached hydrogens (tertiary/aromatic N) is 5. The molecule has 36 heavy (non-hydrogen) atoms. The molecule has 186 valence electrons. The largest absolute Gasteiger partial charge is 0.383 e. The highest BCUT2D eigenvalue weighted by molar-refractivity contribution is 6.01. The van der Waals surface area contributed by atoms with Crippen molar-refractivity contribution in [3.8, 4) is 11.3 Å². The van der Waals surface area contributed by atoms with Crippen LogP contribution in [0.1, 0.15) is 44.7 Å². The zero-order chi connectivity index (χ0) is 25.2. The number of nitrogens with one attached hydrogen (secondary N) is 2. The first-order valence-electron chi connectivity index (χ1n) is 12.4. The summed E-state index contributed by atoms with van der Waals surface area (Å²) in [6.45, 7) is 8.37. The fourth-order valence-corrected chi connectivity index (χ4v) is 4.79. The van der Waals surface area contributed by atoms with Gasteiger partial charge in [-0.1, -0.05) is 12.1 Å². The number of carbonyl (C=O) groups is 1. The Kier molecular flexibility index (Phi) is 6.45. The minimum atomic E-state index is -0.292. The van der Waals surface area contributed by atoms with Crippen molar-refractivity contribution in [1.29, 1.82) is 0 Å². The van der Waals surface area contributed by atoms with Crippen molar-refractivity contribution in [3.05, 3.63) is 54.4 Å². The first kappa shape index (κ1) is 23.6. The highest BCUT2D eigenvalue weighted by atomic mass is 16.2. The summed E-state index contributed by atoms with van der Waals surface area (Å²) in [6, 6.07) is 13.4. The third-order valence-electron chi connectivity index (χ3n) is 6.57. The second-order valence-corrected chi connectivity index (χ2v) is 9.55. The molecule has 0 aliphatic carbocycles. The summed E-state index contributed by atoms with van der Waals surface area (Å²) in [5.41, 5.74) is 12.3. The van der Waals surface area contributed by atoms with Crippen LogP contribution in [0.4, 0.5) is 27.7 Å². The standard InChI is InChI=1S/C27H32N8O/c1-17(2)35-26-23(25(28)29-16-30-26)24(33-35)19-7-9-20(10-8-19)31-27(36)32-21-11-12-22(18(3)15-21)34-13-5-4-6-14-34/h7-12,15-17H,4-6,13-14H2,1-3H3,(H2,28,29,30)(H2,31,32,36). The smallest absolute Gasteiger partial charge is 0.323 e. The molecule has 2 aromatic heterocycles. The van der Waals surface area contributed by atoms with E-state index in [1.165, 1.54) is 31.3 Å². The summed E-state index contributed by atoms with van der Waals surface area (Å²) in [7, 11) is 0. The van der Waals surface area contributed by atoms with Gasteiger partial charge in [0.1, 0.15) is 17.8 Å². The molecule has 0 saturated carbocycles. The molecule has 0 radical (unpaired) electrons. The molecular formula is C27H32N8O. The third kappa shape index (κ3) is 4.68. The quantitative estimate of drug-likeness (QED) is 0.340. The molecule has 4 aromatic rings. The van der Waals surface area contributed by atoms with Gasteiger partial charge in [-0.2, -0.15) is 5.10 Å². The van der Waals surface area contributed by atoms with Gasteiger partial charge in [-0.05, 0) is 75.9 Å². The van der Waals surface area contributed by atoms with Gasteiger partial charge in [0, 0.05) is 41.8 Å². The Morgan fingerprint density at radius 1 is 0.972 bits per heavy atom. The third-order valence-corrected chi connectivity index (χ3v) is 6.57. The predicted molar refractivity (Wildman–Crippen MR) is 145 cm³/mol. The van der Waals surface area contributed by atoms with Gasteiger partial charge < -0.3 is 21.3 Å². The topological polar surface area (TPSA) is 114 Å². The molecule has 0 spiro atoms. The van der Waals surface area contributed by atoms with Crippen LogP contribution in [0, 0.1) is 6.92 Å². The van der Waals surface area contributed by atoms with Gasteiger partial charge in [0.2, 0.25) is 0 Å². The van der Waals surface area contributed by atoms with Crippen molar-refractivity contribution in [2.75, 3.05) is 34.4 Å². The van der Waals surface area contributed by atoms with Gasteiger partial charge in [0.15, 0.2) is 5.65 Å². The Bertz CT molecular complexity index is 1390. The lowest BCUT2D eigenvalue weighted by Crippen LogP contribution is -2.30. The van der Waals surface area contributed by atoms with Crippen LogP contribution in [0.3, 0.4) is 0 Å². The second kappa shape index (κ2) is 9.85. The summed E-state index contributed by atoms with van der Waals surface area (Å²) in [5.74, 6) is 0.394. The number of urea groups is 1. The summed E-state index contributed by atoms with van der Waals surface area (Å²) < 4.78 is 1.85. The van der Waals surface area contributed by atoms with E-state index >= 15 is 0 Å². The zero-order valence-corrected chi connectivity index (χ0v) is 21.0. The molecule has 0 bridgehead atoms. The molecule has 2 aromatic carbocycles. The minimum absolute atomic E-state index is 0.123. The fourth-order valence-electron chi connectivity index (χ4n) is 4.79. The van der Waals surface area contributed by atoms with Crippen molar-refractivity contribution in [2.45, 2.75) is 46.1 Å². The Morgan fingerprint density at radius 2 is 1.67 bits per heavy atom. The Morgan fingerprint density at radius 3 is 2.36 bits per heavy atom. The fraction of sp³-hybridized carbons (Fsp3) is 0.333. The van der Waals surface area contributed by atoms with Crippen LogP contribution >= 0.6 is 0 Å². The number of aryl methyl sites for hydroxylation is 1. The maximum absolute atomic E-state index is 12.7. The molecule has 9 nitrogen and oxygen atoms in total. The highest BCUT2D eigenvalue weighted by Crippen LogP contribution is 2.32. The molecule has 0 atom stereocenters. The number of hydrogen-bond acceptors (Lipinski definition) is 6. The van der Waals surface area contributed by atoms with Crippen molar-refractivity contribution in [3.63, 3.8) is 0 Å². The van der Waals surface area contributed by atoms with Crippen molar-refractivity contribution in [2.24, 2.45) is 0 Å². The number of piperidine rings is 1. The van der Waals surface area contributed by atoms with Gasteiger partial charge in [0.05, 0.1) is 5.39 Å². The van der Waals surface area contributed by atoms with Crippen LogP contribution in [-0.4, -0.2) is 38.9 Å². The number of fused-ring (bicyclic) bond motifs is 1. The Hall–Kier alpha value is -4.14. The van der Waals surface area contributed by atoms with Gasteiger partial charge in [-0.25, -0.2) is 19.4 Å². The van der Waals surface area contributed by atoms with Gasteiger partial charge in [0.25, 0.3) is 0 Å². The lowest BCUT2D eigenvalue weighted by molar-refractivity contribution is 0.262. The summed E-state index contributed by atoms with van der Waals surface area (Å²) in [5, 5.41) is 11.3. The maximum Gasteiger partial charge on any atom is 0.323 e. The number of aromatic nitrogens is 4. The number of rotatable bonds is 5. The molecule has 1 aliphatic heterocycles. The molecule has 2 amide bonds. The van der Waals surface area contributed by atoms with E-state index in [2.05, 4.69) is 38.5 Å². The van der Waals surface area contributed by atoms with Crippen LogP contribution in [0.2, 0.25) is 0 Å². The monoisotopic (exact) mass is 484 g/mol. The van der Waals surface area contributed by atoms with Crippen LogP contribution in [0.15, 0.2) is 48.8 Å². The van der Waals surface area contributed by atoms with E-state index in [0.717, 1.165) is 41.0 Å². The SMILES string of the molecule is Cc1cc(NC(=O)Nc2ccc(-c3nn(C(C)C)c4ncnc(N)c34)cc2)ccc1N1CCCCC1. The van der Waals surface area contributed by atoms with E-state index in [9.17, 15) is 4.79 Å². The van der Waals surface area contributed by atoms with Crippen LogP contribution in [0.25, 0.3) is 22.3 Å². The lowest BCUT2D eigenvalue weighted by atomic mass is 10.1. The summed E-state index contributed by atoms with van der Waals surface area (Å²) >= 11 is 0. The molecular weight excluding hydrogens is 452 g/mol. The molecule has 1 aliphatic rings. The highest BCUT2D eigenvalue weighted by Gasteiger charge is 2.18. The van der Waals surface area contributed by atoms with E-state index in [0.29, 0.717) is 17.2 Å². The van der Waals surface area contributed by atoms with E-state index in [1.807, 2.05) is 54.9 Å². The Balaban J connectivity index is 1.29. The number of benzene rings is 2. The predicted octanol–water partition coefficient (Wildman–Crippen LogP) is 5.60. The molecule has 4 N–H and O–H groups in total. The van der Waals surface area contributed by atoms with E-state index in [-0.39, 0.29) is 12.1 Å². The van der Waals surface area contributed by atoms with E-state index in [1.54, 1.807) is 0 Å². The average molecular weight is 485 g/mol. The average Bonchev–Trinajstić information content (AvgIpc) is 3.26. The molecule has 5 rings (SSSR count). The van der Waals surface area contributed by atoms with Crippen LogP contribution < -0.4 is 21.3 Å². The molecule has 1 saturated heterocycles.